The first-order chi connectivity index (χ1) is 24.9. The first-order valence-electron chi connectivity index (χ1n) is 18.3. The van der Waals surface area contributed by atoms with Gasteiger partial charge < -0.3 is 0 Å². The van der Waals surface area contributed by atoms with E-state index in [0.29, 0.717) is 23.0 Å². The average molecular weight is 661 g/mol. The van der Waals surface area contributed by atoms with Gasteiger partial charge in [-0.25, -0.2) is 15.0 Å². The highest BCUT2D eigenvalue weighted by Gasteiger charge is 2.45. The second-order valence-corrected chi connectivity index (χ2v) is 15.3. The Morgan fingerprint density at radius 1 is 0.549 bits per heavy atom. The van der Waals surface area contributed by atoms with E-state index in [0.717, 1.165) is 67.1 Å². The van der Waals surface area contributed by atoms with Crippen LogP contribution in [0.1, 0.15) is 57.1 Å². The molecule has 248 valence electrons. The molecule has 0 amide bonds. The van der Waals surface area contributed by atoms with Crippen molar-refractivity contribution in [2.45, 2.75) is 51.4 Å². The lowest BCUT2D eigenvalue weighted by Gasteiger charge is -2.50. The van der Waals surface area contributed by atoms with Crippen LogP contribution in [0.4, 0.5) is 0 Å². The molecule has 1 aromatic heterocycles. The minimum absolute atomic E-state index is 0.282. The lowest BCUT2D eigenvalue weighted by molar-refractivity contribution is 0.0780. The van der Waals surface area contributed by atoms with Crippen LogP contribution in [0, 0.1) is 29.1 Å². The summed E-state index contributed by atoms with van der Waals surface area (Å²) in [4.78, 5) is 15.2. The van der Waals surface area contributed by atoms with Crippen LogP contribution in [-0.4, -0.2) is 15.0 Å². The molecular weight excluding hydrogens is 621 g/mol. The third-order valence-corrected chi connectivity index (χ3v) is 11.5. The highest BCUT2D eigenvalue weighted by atomic mass is 15.0. The molecule has 0 saturated heterocycles. The predicted octanol–water partition coefficient (Wildman–Crippen LogP) is 11.8. The Labute approximate surface area is 299 Å². The first kappa shape index (κ1) is 31.3. The van der Waals surface area contributed by atoms with Crippen molar-refractivity contribution in [1.82, 2.24) is 15.0 Å². The standard InChI is InChI=1S/C47H40N4/c1-30-22-33-23-31(2)27-47(26-30,28-33)39-19-16-36(17-20-39)45-49-44(35-8-4-3-5-9-35)50-46(51-45)38-11-6-10-37(25-38)40-12-7-13-41-42(40)21-18-34-15-14-32(29-48)24-43(34)41/h3-21,24-25,30-31,33H,22-23,26-28H2,1-2H3/t30-,31+,33-,47?. The Kier molecular flexibility index (Phi) is 7.73. The van der Waals surface area contributed by atoms with Crippen molar-refractivity contribution in [1.29, 1.82) is 5.26 Å². The normalized spacial score (nSPS) is 21.4. The lowest BCUT2D eigenvalue weighted by Crippen LogP contribution is -2.42. The molecule has 1 heterocycles. The van der Waals surface area contributed by atoms with Crippen LogP contribution in [0.3, 0.4) is 0 Å². The van der Waals surface area contributed by atoms with E-state index in [9.17, 15) is 5.26 Å². The minimum atomic E-state index is 0.282. The van der Waals surface area contributed by atoms with Gasteiger partial charge in [-0.3, -0.25) is 0 Å². The fraction of sp³-hybridized carbons (Fsp3) is 0.234. The Balaban J connectivity index is 1.13. The maximum atomic E-state index is 9.57. The summed E-state index contributed by atoms with van der Waals surface area (Å²) >= 11 is 0. The molecule has 4 nitrogen and oxygen atoms in total. The molecule has 0 radical (unpaired) electrons. The monoisotopic (exact) mass is 660 g/mol. The highest BCUT2D eigenvalue weighted by molar-refractivity contribution is 6.12. The summed E-state index contributed by atoms with van der Waals surface area (Å²) in [7, 11) is 0. The number of hydrogen-bond donors (Lipinski definition) is 0. The maximum absolute atomic E-state index is 9.57. The molecular formula is C47H40N4. The zero-order valence-corrected chi connectivity index (χ0v) is 29.2. The number of nitriles is 1. The van der Waals surface area contributed by atoms with Crippen molar-refractivity contribution in [3.8, 4) is 51.4 Å². The summed E-state index contributed by atoms with van der Waals surface area (Å²) in [6.45, 7) is 4.90. The Morgan fingerprint density at radius 2 is 1.18 bits per heavy atom. The summed E-state index contributed by atoms with van der Waals surface area (Å²) < 4.78 is 0. The largest absolute Gasteiger partial charge is 0.208 e. The highest BCUT2D eigenvalue weighted by Crippen LogP contribution is 2.54. The van der Waals surface area contributed by atoms with Crippen molar-refractivity contribution in [2.24, 2.45) is 17.8 Å². The van der Waals surface area contributed by atoms with E-state index in [1.807, 2.05) is 36.4 Å². The average Bonchev–Trinajstić information content (AvgIpc) is 3.17. The zero-order chi connectivity index (χ0) is 34.5. The first-order valence-corrected chi connectivity index (χ1v) is 18.3. The van der Waals surface area contributed by atoms with E-state index >= 15 is 0 Å². The maximum Gasteiger partial charge on any atom is 0.164 e. The fourth-order valence-corrected chi connectivity index (χ4v) is 9.62. The molecule has 6 aromatic carbocycles. The van der Waals surface area contributed by atoms with Crippen LogP contribution in [0.2, 0.25) is 0 Å². The van der Waals surface area contributed by atoms with Gasteiger partial charge in [0.05, 0.1) is 11.6 Å². The lowest BCUT2D eigenvalue weighted by atomic mass is 9.54. The van der Waals surface area contributed by atoms with Crippen molar-refractivity contribution in [3.63, 3.8) is 0 Å². The third-order valence-electron chi connectivity index (χ3n) is 11.5. The third kappa shape index (κ3) is 5.77. The Morgan fingerprint density at radius 3 is 1.90 bits per heavy atom. The van der Waals surface area contributed by atoms with Crippen LogP contribution in [0.15, 0.2) is 127 Å². The Bertz CT molecular complexity index is 2440. The Hall–Kier alpha value is -5.66. The van der Waals surface area contributed by atoms with Gasteiger partial charge in [0.1, 0.15) is 0 Å². The fourth-order valence-electron chi connectivity index (χ4n) is 9.62. The van der Waals surface area contributed by atoms with Gasteiger partial charge >= 0.3 is 0 Å². The smallest absolute Gasteiger partial charge is 0.164 e. The molecule has 9 rings (SSSR count). The molecule has 4 heteroatoms. The molecule has 2 aliphatic rings. The number of benzene rings is 6. The summed E-state index contributed by atoms with van der Waals surface area (Å²) in [6, 6.07) is 46.8. The molecule has 0 spiro atoms. The van der Waals surface area contributed by atoms with Gasteiger partial charge in [0.15, 0.2) is 17.5 Å². The summed E-state index contributed by atoms with van der Waals surface area (Å²) in [5, 5.41) is 14.1. The molecule has 1 unspecified atom stereocenters. The molecule has 2 fully saturated rings. The minimum Gasteiger partial charge on any atom is -0.208 e. The van der Waals surface area contributed by atoms with E-state index in [4.69, 9.17) is 15.0 Å². The van der Waals surface area contributed by atoms with E-state index in [1.54, 1.807) is 0 Å². The quantitative estimate of drug-likeness (QED) is 0.172. The van der Waals surface area contributed by atoms with Gasteiger partial charge in [0.2, 0.25) is 0 Å². The molecule has 2 aliphatic carbocycles. The SMILES string of the molecule is C[C@@H]1C[C@@H]2C[C@H](C)CC(c3ccc(-c4nc(-c5ccccc5)nc(-c5cccc(-c6cccc7c6ccc6ccc(C#N)cc67)c5)n4)cc3)(C1)C2. The van der Waals surface area contributed by atoms with E-state index in [1.165, 1.54) is 37.7 Å². The van der Waals surface area contributed by atoms with Crippen LogP contribution < -0.4 is 0 Å². The van der Waals surface area contributed by atoms with Gasteiger partial charge in [-0.05, 0) is 112 Å². The van der Waals surface area contributed by atoms with Crippen molar-refractivity contribution in [2.75, 3.05) is 0 Å². The molecule has 51 heavy (non-hydrogen) atoms. The molecule has 0 N–H and O–H groups in total. The topological polar surface area (TPSA) is 62.5 Å². The van der Waals surface area contributed by atoms with E-state index < -0.39 is 0 Å². The van der Waals surface area contributed by atoms with Gasteiger partial charge in [-0.15, -0.1) is 0 Å². The molecule has 2 bridgehead atoms. The van der Waals surface area contributed by atoms with Crippen LogP contribution in [0.25, 0.3) is 66.8 Å². The van der Waals surface area contributed by atoms with Gasteiger partial charge in [0, 0.05) is 16.7 Å². The number of nitrogens with zero attached hydrogens (tertiary/aromatic N) is 4. The summed E-state index contributed by atoms with van der Waals surface area (Å²) in [5.74, 6) is 4.39. The zero-order valence-electron chi connectivity index (χ0n) is 29.2. The van der Waals surface area contributed by atoms with E-state index in [-0.39, 0.29) is 5.41 Å². The van der Waals surface area contributed by atoms with Crippen molar-refractivity contribution in [3.05, 3.63) is 139 Å². The molecule has 2 saturated carbocycles. The van der Waals surface area contributed by atoms with Gasteiger partial charge in [0.25, 0.3) is 0 Å². The summed E-state index contributed by atoms with van der Waals surface area (Å²) in [6.07, 6.45) is 6.64. The second kappa shape index (κ2) is 12.6. The molecule has 4 atom stereocenters. The molecule has 7 aromatic rings. The summed E-state index contributed by atoms with van der Waals surface area (Å²) in [5.41, 5.74) is 7.55. The van der Waals surface area contributed by atoms with Gasteiger partial charge in [-0.1, -0.05) is 123 Å². The van der Waals surface area contributed by atoms with E-state index in [2.05, 4.69) is 111 Å². The van der Waals surface area contributed by atoms with Crippen molar-refractivity contribution >= 4 is 21.5 Å². The van der Waals surface area contributed by atoms with Crippen LogP contribution in [-0.2, 0) is 5.41 Å². The van der Waals surface area contributed by atoms with Gasteiger partial charge in [-0.2, -0.15) is 5.26 Å². The predicted molar refractivity (Wildman–Crippen MR) is 208 cm³/mol. The number of fused-ring (bicyclic) bond motifs is 5. The molecule has 0 aliphatic heterocycles. The van der Waals surface area contributed by atoms with Crippen LogP contribution in [0.5, 0.6) is 0 Å². The number of aromatic nitrogens is 3. The number of hydrogen-bond acceptors (Lipinski definition) is 4. The van der Waals surface area contributed by atoms with Crippen molar-refractivity contribution < 1.29 is 0 Å². The van der Waals surface area contributed by atoms with Crippen LogP contribution >= 0.6 is 0 Å². The number of rotatable bonds is 5. The second-order valence-electron chi connectivity index (χ2n) is 15.3.